The van der Waals surface area contributed by atoms with Gasteiger partial charge in [0.25, 0.3) is 11.5 Å². The second-order valence-corrected chi connectivity index (χ2v) is 7.29. The van der Waals surface area contributed by atoms with Crippen LogP contribution in [0.3, 0.4) is 0 Å². The molecule has 0 saturated heterocycles. The lowest BCUT2D eigenvalue weighted by molar-refractivity contribution is 0.102. The summed E-state index contributed by atoms with van der Waals surface area (Å²) in [6.07, 6.45) is 9.45. The normalized spacial score (nSPS) is 14.7. The molecule has 4 rings (SSSR count). The minimum absolute atomic E-state index is 0.0409. The van der Waals surface area contributed by atoms with Gasteiger partial charge in [-0.1, -0.05) is 19.3 Å². The van der Waals surface area contributed by atoms with E-state index in [0.29, 0.717) is 17.2 Å². The maximum absolute atomic E-state index is 12.3. The molecule has 0 spiro atoms. The van der Waals surface area contributed by atoms with Crippen molar-refractivity contribution in [2.24, 2.45) is 5.92 Å². The molecule has 1 aliphatic rings. The average Bonchev–Trinajstić information content (AvgIpc) is 3.05. The zero-order chi connectivity index (χ0) is 19.5. The number of aromatic nitrogens is 3. The number of hydrogen-bond donors (Lipinski definition) is 2. The lowest BCUT2D eigenvalue weighted by Crippen LogP contribution is -2.17. The molecule has 7 nitrogen and oxygen atoms in total. The van der Waals surface area contributed by atoms with Gasteiger partial charge < -0.3 is 14.9 Å². The van der Waals surface area contributed by atoms with Crippen molar-refractivity contribution in [3.05, 3.63) is 58.4 Å². The maximum Gasteiger partial charge on any atom is 0.274 e. The van der Waals surface area contributed by atoms with E-state index in [1.54, 1.807) is 6.07 Å². The Kier molecular flexibility index (Phi) is 4.94. The van der Waals surface area contributed by atoms with Crippen molar-refractivity contribution in [2.75, 3.05) is 5.32 Å². The standard InChI is InChI=1S/C21H21N5O2/c22-10-15-12-26(11-14-4-2-1-3-5-14)19-7-6-16(8-17(15)19)25-21(28)18-9-20(27)24-13-23-18/h6-9,12-14H,1-5,11H2,(H,25,28)(H,23,24,27). The highest BCUT2D eigenvalue weighted by Gasteiger charge is 2.17. The minimum atomic E-state index is -0.467. The number of fused-ring (bicyclic) bond motifs is 1. The quantitative estimate of drug-likeness (QED) is 0.729. The topological polar surface area (TPSA) is 104 Å². The maximum atomic E-state index is 12.3. The molecule has 3 aromatic rings. The van der Waals surface area contributed by atoms with Gasteiger partial charge in [-0.3, -0.25) is 9.59 Å². The summed E-state index contributed by atoms with van der Waals surface area (Å²) in [6.45, 7) is 0.917. The zero-order valence-corrected chi connectivity index (χ0v) is 15.4. The van der Waals surface area contributed by atoms with Crippen molar-refractivity contribution < 1.29 is 4.79 Å². The molecule has 2 aromatic heterocycles. The second kappa shape index (κ2) is 7.69. The molecule has 0 unspecified atom stereocenters. The molecule has 1 fully saturated rings. The summed E-state index contributed by atoms with van der Waals surface area (Å²) in [4.78, 5) is 29.9. The summed E-state index contributed by atoms with van der Waals surface area (Å²) in [7, 11) is 0. The van der Waals surface area contributed by atoms with E-state index in [1.807, 2.05) is 18.3 Å². The lowest BCUT2D eigenvalue weighted by atomic mass is 9.89. The number of nitrogens with zero attached hydrogens (tertiary/aromatic N) is 3. The van der Waals surface area contributed by atoms with Gasteiger partial charge in [0.05, 0.1) is 11.9 Å². The molecule has 28 heavy (non-hydrogen) atoms. The van der Waals surface area contributed by atoms with Crippen LogP contribution >= 0.6 is 0 Å². The van der Waals surface area contributed by atoms with E-state index in [2.05, 4.69) is 25.9 Å². The van der Waals surface area contributed by atoms with Gasteiger partial charge in [-0.25, -0.2) is 4.98 Å². The first-order chi connectivity index (χ1) is 13.6. The molecule has 2 N–H and O–H groups in total. The number of nitrogens with one attached hydrogen (secondary N) is 2. The van der Waals surface area contributed by atoms with Crippen molar-refractivity contribution in [3.8, 4) is 6.07 Å². The molecule has 142 valence electrons. The SMILES string of the molecule is N#Cc1cn(CC2CCCCC2)c2ccc(NC(=O)c3cc(=O)[nH]cn3)cc12. The molecule has 1 aliphatic carbocycles. The Morgan fingerprint density at radius 3 is 2.86 bits per heavy atom. The second-order valence-electron chi connectivity index (χ2n) is 7.29. The monoisotopic (exact) mass is 375 g/mol. The highest BCUT2D eigenvalue weighted by Crippen LogP contribution is 2.29. The Bertz CT molecular complexity index is 1120. The van der Waals surface area contributed by atoms with Gasteiger partial charge in [0.15, 0.2) is 0 Å². The highest BCUT2D eigenvalue weighted by atomic mass is 16.2. The van der Waals surface area contributed by atoms with Gasteiger partial charge in [-0.2, -0.15) is 5.26 Å². The Balaban J connectivity index is 1.60. The molecule has 1 amide bonds. The number of nitriles is 1. The first-order valence-corrected chi connectivity index (χ1v) is 9.53. The van der Waals surface area contributed by atoms with Gasteiger partial charge >= 0.3 is 0 Å². The molecular formula is C21H21N5O2. The number of rotatable bonds is 4. The Morgan fingerprint density at radius 2 is 2.11 bits per heavy atom. The average molecular weight is 375 g/mol. The van der Waals surface area contributed by atoms with Crippen LogP contribution < -0.4 is 10.9 Å². The fourth-order valence-electron chi connectivity index (χ4n) is 3.95. The summed E-state index contributed by atoms with van der Waals surface area (Å²) in [5, 5.41) is 13.1. The lowest BCUT2D eigenvalue weighted by Gasteiger charge is -2.22. The number of carbonyl (C=O) groups excluding carboxylic acids is 1. The molecule has 0 radical (unpaired) electrons. The van der Waals surface area contributed by atoms with Gasteiger partial charge in [-0.15, -0.1) is 0 Å². The van der Waals surface area contributed by atoms with Crippen LogP contribution in [-0.2, 0) is 6.54 Å². The van der Waals surface area contributed by atoms with Crippen molar-refractivity contribution in [1.82, 2.24) is 14.5 Å². The van der Waals surface area contributed by atoms with Crippen LogP contribution in [0.5, 0.6) is 0 Å². The van der Waals surface area contributed by atoms with Gasteiger partial charge in [0.2, 0.25) is 0 Å². The Labute approximate surface area is 162 Å². The van der Waals surface area contributed by atoms with Crippen LogP contribution in [-0.4, -0.2) is 20.4 Å². The fourth-order valence-corrected chi connectivity index (χ4v) is 3.95. The van der Waals surface area contributed by atoms with Crippen LogP contribution in [0.25, 0.3) is 10.9 Å². The molecule has 2 heterocycles. The zero-order valence-electron chi connectivity index (χ0n) is 15.4. The van der Waals surface area contributed by atoms with E-state index in [9.17, 15) is 14.9 Å². The summed E-state index contributed by atoms with van der Waals surface area (Å²) < 4.78 is 2.16. The van der Waals surface area contributed by atoms with Gasteiger partial charge in [0, 0.05) is 35.4 Å². The predicted octanol–water partition coefficient (Wildman–Crippen LogP) is 3.43. The first-order valence-electron chi connectivity index (χ1n) is 9.53. The number of hydrogen-bond acceptors (Lipinski definition) is 4. The van der Waals surface area contributed by atoms with Crippen LogP contribution in [0.2, 0.25) is 0 Å². The molecular weight excluding hydrogens is 354 g/mol. The smallest absolute Gasteiger partial charge is 0.274 e. The number of aromatic amines is 1. The first kappa shape index (κ1) is 18.0. The van der Waals surface area contributed by atoms with Crippen LogP contribution in [0.1, 0.15) is 48.2 Å². The van der Waals surface area contributed by atoms with Crippen molar-refractivity contribution >= 4 is 22.5 Å². The third-order valence-corrected chi connectivity index (χ3v) is 5.35. The number of H-pyrrole nitrogens is 1. The van der Waals surface area contributed by atoms with Crippen molar-refractivity contribution in [1.29, 1.82) is 5.26 Å². The molecule has 7 heteroatoms. The molecule has 0 aliphatic heterocycles. The van der Waals surface area contributed by atoms with E-state index in [-0.39, 0.29) is 11.3 Å². The van der Waals surface area contributed by atoms with E-state index in [1.165, 1.54) is 38.4 Å². The van der Waals surface area contributed by atoms with E-state index in [0.717, 1.165) is 23.5 Å². The highest BCUT2D eigenvalue weighted by molar-refractivity contribution is 6.04. The third kappa shape index (κ3) is 3.67. The summed E-state index contributed by atoms with van der Waals surface area (Å²) in [5.74, 6) is 0.183. The van der Waals surface area contributed by atoms with E-state index in [4.69, 9.17) is 0 Å². The van der Waals surface area contributed by atoms with Crippen LogP contribution in [0.15, 0.2) is 41.6 Å². The minimum Gasteiger partial charge on any atom is -0.346 e. The van der Waals surface area contributed by atoms with Crippen molar-refractivity contribution in [3.63, 3.8) is 0 Å². The summed E-state index contributed by atoms with van der Waals surface area (Å²) in [5.41, 5.74) is 1.80. The van der Waals surface area contributed by atoms with Crippen LogP contribution in [0, 0.1) is 17.2 Å². The number of anilines is 1. The summed E-state index contributed by atoms with van der Waals surface area (Å²) in [6, 6.07) is 8.95. The molecule has 0 bridgehead atoms. The molecule has 1 saturated carbocycles. The van der Waals surface area contributed by atoms with Crippen molar-refractivity contribution in [2.45, 2.75) is 38.6 Å². The number of amides is 1. The van der Waals surface area contributed by atoms with Gasteiger partial charge in [-0.05, 0) is 37.0 Å². The molecule has 1 aromatic carbocycles. The number of benzene rings is 1. The largest absolute Gasteiger partial charge is 0.346 e. The molecule has 0 atom stereocenters. The number of carbonyl (C=O) groups is 1. The van der Waals surface area contributed by atoms with E-state index < -0.39 is 5.91 Å². The predicted molar refractivity (Wildman–Crippen MR) is 106 cm³/mol. The van der Waals surface area contributed by atoms with Gasteiger partial charge in [0.1, 0.15) is 11.8 Å². The fraction of sp³-hybridized carbons (Fsp3) is 0.333. The van der Waals surface area contributed by atoms with Crippen LogP contribution in [0.4, 0.5) is 5.69 Å². The third-order valence-electron chi connectivity index (χ3n) is 5.35. The Hall–Kier alpha value is -3.40. The van der Waals surface area contributed by atoms with E-state index >= 15 is 0 Å². The summed E-state index contributed by atoms with van der Waals surface area (Å²) >= 11 is 0. The Morgan fingerprint density at radius 1 is 1.29 bits per heavy atom.